The number of nitrogens with one attached hydrogen (secondary N) is 3. The maximum atomic E-state index is 12.0. The number of carbonyl (C=O) groups excluding carboxylic acids is 2. The Bertz CT molecular complexity index is 566. The van der Waals surface area contributed by atoms with Gasteiger partial charge in [0.2, 0.25) is 0 Å². The molecule has 10 heteroatoms. The summed E-state index contributed by atoms with van der Waals surface area (Å²) in [5.74, 6) is 1.18. The Balaban J connectivity index is 0.00000841. The van der Waals surface area contributed by atoms with Gasteiger partial charge >= 0.3 is 12.2 Å². The summed E-state index contributed by atoms with van der Waals surface area (Å²) in [6.07, 6.45) is 0.836. The van der Waals surface area contributed by atoms with Crippen molar-refractivity contribution in [3.8, 4) is 0 Å². The molecule has 0 saturated carbocycles. The van der Waals surface area contributed by atoms with E-state index in [-0.39, 0.29) is 36.1 Å². The Hall–Kier alpha value is -1.46. The van der Waals surface area contributed by atoms with E-state index in [0.717, 1.165) is 25.3 Å². The first kappa shape index (κ1) is 28.5. The molecular weight excluding hydrogens is 501 g/mol. The van der Waals surface area contributed by atoms with E-state index in [4.69, 9.17) is 9.47 Å². The number of alkyl carbamates (subject to hydrolysis) is 2. The predicted molar refractivity (Wildman–Crippen MR) is 130 cm³/mol. The third-order valence-electron chi connectivity index (χ3n) is 4.28. The van der Waals surface area contributed by atoms with E-state index in [0.29, 0.717) is 25.6 Å². The van der Waals surface area contributed by atoms with Crippen molar-refractivity contribution in [2.24, 2.45) is 10.9 Å². The molecule has 0 aromatic carbocycles. The standard InChI is InChI=1S/C20H39N5O4.HI/c1-8-28-18(26)24-16(11-14(2)3)12-22-17(21-7)25-10-9-15(13-25)23-19(27)29-20(4,5)6;/h14-16H,8-13H2,1-7H3,(H,21,22)(H,23,27)(H,24,26);1H. The van der Waals surface area contributed by atoms with E-state index in [2.05, 4.69) is 39.7 Å². The van der Waals surface area contributed by atoms with Crippen molar-refractivity contribution in [2.75, 3.05) is 33.3 Å². The number of amides is 2. The molecule has 3 N–H and O–H groups in total. The number of aliphatic imine (C=N–C) groups is 1. The van der Waals surface area contributed by atoms with Crippen molar-refractivity contribution in [1.82, 2.24) is 20.9 Å². The maximum absolute atomic E-state index is 12.0. The second-order valence-corrected chi connectivity index (χ2v) is 8.70. The van der Waals surface area contributed by atoms with Gasteiger partial charge in [-0.2, -0.15) is 0 Å². The molecule has 30 heavy (non-hydrogen) atoms. The molecule has 0 aromatic heterocycles. The fourth-order valence-electron chi connectivity index (χ4n) is 3.19. The largest absolute Gasteiger partial charge is 0.450 e. The minimum atomic E-state index is -0.517. The van der Waals surface area contributed by atoms with Crippen LogP contribution in [0, 0.1) is 5.92 Å². The van der Waals surface area contributed by atoms with Crippen molar-refractivity contribution in [3.05, 3.63) is 0 Å². The van der Waals surface area contributed by atoms with Gasteiger partial charge in [0.15, 0.2) is 5.96 Å². The molecule has 1 aliphatic rings. The van der Waals surface area contributed by atoms with Gasteiger partial charge < -0.3 is 30.3 Å². The van der Waals surface area contributed by atoms with Crippen molar-refractivity contribution in [1.29, 1.82) is 0 Å². The Labute approximate surface area is 198 Å². The van der Waals surface area contributed by atoms with Crippen molar-refractivity contribution in [2.45, 2.75) is 72.1 Å². The molecule has 9 nitrogen and oxygen atoms in total. The van der Waals surface area contributed by atoms with E-state index in [1.165, 1.54) is 0 Å². The number of carbonyl (C=O) groups is 2. The molecule has 2 unspecified atom stereocenters. The number of hydrogen-bond donors (Lipinski definition) is 3. The zero-order valence-electron chi connectivity index (χ0n) is 19.4. The van der Waals surface area contributed by atoms with E-state index in [9.17, 15) is 9.59 Å². The summed E-state index contributed by atoms with van der Waals surface area (Å²) in [6.45, 7) is 13.9. The van der Waals surface area contributed by atoms with Gasteiger partial charge in [0.25, 0.3) is 0 Å². The van der Waals surface area contributed by atoms with Gasteiger partial charge in [-0.3, -0.25) is 4.99 Å². The zero-order valence-corrected chi connectivity index (χ0v) is 21.7. The first-order valence-electron chi connectivity index (χ1n) is 10.4. The molecule has 0 aliphatic carbocycles. The van der Waals surface area contributed by atoms with Crippen LogP contribution in [0.4, 0.5) is 9.59 Å². The van der Waals surface area contributed by atoms with E-state index in [1.54, 1.807) is 14.0 Å². The molecule has 1 heterocycles. The van der Waals surface area contributed by atoms with Crippen LogP contribution >= 0.6 is 24.0 Å². The van der Waals surface area contributed by atoms with Crippen molar-refractivity contribution in [3.63, 3.8) is 0 Å². The van der Waals surface area contributed by atoms with Crippen LogP contribution in [0.1, 0.15) is 54.4 Å². The fourth-order valence-corrected chi connectivity index (χ4v) is 3.19. The summed E-state index contributed by atoms with van der Waals surface area (Å²) in [7, 11) is 1.73. The quantitative estimate of drug-likeness (QED) is 0.260. The molecule has 1 rings (SSSR count). The highest BCUT2D eigenvalue weighted by atomic mass is 127. The number of likely N-dealkylation sites (tertiary alicyclic amines) is 1. The third-order valence-corrected chi connectivity index (χ3v) is 4.28. The zero-order chi connectivity index (χ0) is 22.0. The van der Waals surface area contributed by atoms with Crippen molar-refractivity contribution < 1.29 is 19.1 Å². The first-order chi connectivity index (χ1) is 13.5. The van der Waals surface area contributed by atoms with Gasteiger partial charge in [0.05, 0.1) is 12.6 Å². The highest BCUT2D eigenvalue weighted by molar-refractivity contribution is 14.0. The highest BCUT2D eigenvalue weighted by Crippen LogP contribution is 2.12. The lowest BCUT2D eigenvalue weighted by Crippen LogP contribution is -2.49. The van der Waals surface area contributed by atoms with Gasteiger partial charge in [-0.25, -0.2) is 9.59 Å². The SMILES string of the molecule is CCOC(=O)NC(CNC(=NC)N1CCC(NC(=O)OC(C)(C)C)C1)CC(C)C.I. The maximum Gasteiger partial charge on any atom is 0.407 e. The van der Waals surface area contributed by atoms with Crippen LogP contribution < -0.4 is 16.0 Å². The van der Waals surface area contributed by atoms with Crippen LogP contribution in [-0.4, -0.2) is 74.0 Å². The Morgan fingerprint density at radius 2 is 1.90 bits per heavy atom. The Kier molecular flexibility index (Phi) is 13.1. The van der Waals surface area contributed by atoms with Gasteiger partial charge in [0, 0.05) is 32.7 Å². The second-order valence-electron chi connectivity index (χ2n) is 8.70. The molecule has 0 radical (unpaired) electrons. The molecule has 2 atom stereocenters. The summed E-state index contributed by atoms with van der Waals surface area (Å²) in [5, 5.41) is 9.16. The monoisotopic (exact) mass is 541 g/mol. The van der Waals surface area contributed by atoms with Crippen LogP contribution in [0.15, 0.2) is 4.99 Å². The number of guanidine groups is 1. The predicted octanol–water partition coefficient (Wildman–Crippen LogP) is 2.94. The summed E-state index contributed by atoms with van der Waals surface area (Å²) in [6, 6.07) is -0.0587. The number of halogens is 1. The lowest BCUT2D eigenvalue weighted by molar-refractivity contribution is 0.0507. The van der Waals surface area contributed by atoms with Gasteiger partial charge in [-0.15, -0.1) is 24.0 Å². The third kappa shape index (κ3) is 11.7. The van der Waals surface area contributed by atoms with Gasteiger partial charge in [-0.05, 0) is 46.5 Å². The Morgan fingerprint density at radius 1 is 1.23 bits per heavy atom. The molecule has 0 aromatic rings. The lowest BCUT2D eigenvalue weighted by atomic mass is 10.0. The van der Waals surface area contributed by atoms with E-state index < -0.39 is 17.8 Å². The second kappa shape index (κ2) is 13.8. The average Bonchev–Trinajstić information content (AvgIpc) is 3.01. The number of hydrogen-bond acceptors (Lipinski definition) is 5. The molecule has 1 aliphatic heterocycles. The topological polar surface area (TPSA) is 104 Å². The normalized spacial score (nSPS) is 17.8. The number of nitrogens with zero attached hydrogens (tertiary/aromatic N) is 2. The molecule has 176 valence electrons. The minimum absolute atomic E-state index is 0. The van der Waals surface area contributed by atoms with Crippen LogP contribution in [0.25, 0.3) is 0 Å². The minimum Gasteiger partial charge on any atom is -0.450 e. The number of ether oxygens (including phenoxy) is 2. The lowest BCUT2D eigenvalue weighted by Gasteiger charge is -2.26. The van der Waals surface area contributed by atoms with Gasteiger partial charge in [-0.1, -0.05) is 13.8 Å². The van der Waals surface area contributed by atoms with Crippen LogP contribution in [0.3, 0.4) is 0 Å². The molecular formula is C20H40IN5O4. The summed E-state index contributed by atoms with van der Waals surface area (Å²) in [4.78, 5) is 30.2. The average molecular weight is 541 g/mol. The molecule has 0 spiro atoms. The van der Waals surface area contributed by atoms with E-state index in [1.807, 2.05) is 20.8 Å². The van der Waals surface area contributed by atoms with Crippen LogP contribution in [0.5, 0.6) is 0 Å². The highest BCUT2D eigenvalue weighted by Gasteiger charge is 2.28. The fraction of sp³-hybridized carbons (Fsp3) is 0.850. The number of rotatable bonds is 7. The van der Waals surface area contributed by atoms with Crippen molar-refractivity contribution >= 4 is 42.1 Å². The van der Waals surface area contributed by atoms with Crippen LogP contribution in [-0.2, 0) is 9.47 Å². The summed E-state index contributed by atoms with van der Waals surface area (Å²) in [5.41, 5.74) is -0.517. The van der Waals surface area contributed by atoms with Gasteiger partial charge in [0.1, 0.15) is 5.60 Å². The molecule has 2 amide bonds. The van der Waals surface area contributed by atoms with Crippen LogP contribution in [0.2, 0.25) is 0 Å². The summed E-state index contributed by atoms with van der Waals surface area (Å²) >= 11 is 0. The molecule has 0 bridgehead atoms. The van der Waals surface area contributed by atoms with E-state index >= 15 is 0 Å². The summed E-state index contributed by atoms with van der Waals surface area (Å²) < 4.78 is 10.3. The molecule has 1 fully saturated rings. The Morgan fingerprint density at radius 3 is 2.43 bits per heavy atom. The first-order valence-corrected chi connectivity index (χ1v) is 10.4. The molecule has 1 saturated heterocycles. The smallest absolute Gasteiger partial charge is 0.407 e.